The van der Waals surface area contributed by atoms with Gasteiger partial charge in [0.05, 0.1) is 19.9 Å². The zero-order chi connectivity index (χ0) is 26.3. The van der Waals surface area contributed by atoms with E-state index < -0.39 is 17.6 Å². The maximum Gasteiger partial charge on any atom is 0.433 e. The molecule has 0 unspecified atom stereocenters. The van der Waals surface area contributed by atoms with Crippen LogP contribution in [0.4, 0.5) is 13.2 Å². The van der Waals surface area contributed by atoms with Crippen molar-refractivity contribution < 1.29 is 17.9 Å². The first kappa shape index (κ1) is 24.7. The Morgan fingerprint density at radius 3 is 2.35 bits per heavy atom. The smallest absolute Gasteiger partial charge is 0.433 e. The third-order valence-corrected chi connectivity index (χ3v) is 6.03. The highest BCUT2D eigenvalue weighted by Gasteiger charge is 2.32. The Hall–Kier alpha value is -3.96. The van der Waals surface area contributed by atoms with Gasteiger partial charge in [0.15, 0.2) is 5.65 Å². The predicted molar refractivity (Wildman–Crippen MR) is 131 cm³/mol. The van der Waals surface area contributed by atoms with Crippen LogP contribution in [0.3, 0.4) is 0 Å². The van der Waals surface area contributed by atoms with Gasteiger partial charge in [0, 0.05) is 34.1 Å². The molecule has 188 valence electrons. The van der Waals surface area contributed by atoms with E-state index in [9.17, 15) is 18.0 Å². The summed E-state index contributed by atoms with van der Waals surface area (Å²) in [4.78, 5) is 20.8. The number of fused-ring (bicyclic) bond motifs is 1. The quantitative estimate of drug-likeness (QED) is 0.293. The summed E-state index contributed by atoms with van der Waals surface area (Å²) < 4.78 is 45.9. The molecule has 0 aliphatic heterocycles. The number of nitrogens with zero attached hydrogens (tertiary/aromatic N) is 6. The molecule has 0 atom stereocenters. The molecular weight excluding hydrogens is 532 g/mol. The topological polar surface area (TPSA) is 87.2 Å². The molecule has 0 aliphatic carbocycles. The second-order valence-corrected chi connectivity index (χ2v) is 8.72. The molecule has 37 heavy (non-hydrogen) atoms. The summed E-state index contributed by atoms with van der Waals surface area (Å²) in [6, 6.07) is 10.7. The highest BCUT2D eigenvalue weighted by molar-refractivity contribution is 6.32. The number of hydrogen-bond donors (Lipinski definition) is 0. The zero-order valence-electron chi connectivity index (χ0n) is 18.9. The van der Waals surface area contributed by atoms with Crippen molar-refractivity contribution in [3.05, 3.63) is 92.8 Å². The van der Waals surface area contributed by atoms with E-state index in [-0.39, 0.29) is 23.1 Å². The lowest BCUT2D eigenvalue weighted by molar-refractivity contribution is -0.141. The van der Waals surface area contributed by atoms with Gasteiger partial charge in [-0.3, -0.25) is 4.98 Å². The molecule has 0 aliphatic rings. The van der Waals surface area contributed by atoms with Crippen molar-refractivity contribution in [1.82, 2.24) is 29.4 Å². The molecule has 4 aromatic heterocycles. The van der Waals surface area contributed by atoms with Crippen LogP contribution in [0.1, 0.15) is 11.3 Å². The molecule has 0 saturated carbocycles. The van der Waals surface area contributed by atoms with E-state index in [0.29, 0.717) is 27.3 Å². The lowest BCUT2D eigenvalue weighted by Crippen LogP contribution is -2.23. The van der Waals surface area contributed by atoms with Crippen LogP contribution in [0, 0.1) is 0 Å². The monoisotopic (exact) mass is 546 g/mol. The number of pyridine rings is 2. The summed E-state index contributed by atoms with van der Waals surface area (Å²) in [5, 5.41) is 9.52. The lowest BCUT2D eigenvalue weighted by atomic mass is 9.98. The van der Waals surface area contributed by atoms with Crippen molar-refractivity contribution in [2.24, 2.45) is 0 Å². The summed E-state index contributed by atoms with van der Waals surface area (Å²) in [6.07, 6.45) is -0.470. The van der Waals surface area contributed by atoms with Gasteiger partial charge >= 0.3 is 11.9 Å². The lowest BCUT2D eigenvalue weighted by Gasteiger charge is -2.11. The average Bonchev–Trinajstić information content (AvgIpc) is 3.18. The van der Waals surface area contributed by atoms with Crippen LogP contribution in [-0.2, 0) is 12.7 Å². The van der Waals surface area contributed by atoms with Crippen LogP contribution in [-0.4, -0.2) is 36.5 Å². The Bertz CT molecular complexity index is 1670. The first-order valence-electron chi connectivity index (χ1n) is 10.6. The number of alkyl halides is 3. The molecule has 0 saturated heterocycles. The predicted octanol–water partition coefficient (Wildman–Crippen LogP) is 5.40. The average molecular weight is 547 g/mol. The standard InChI is InChI=1S/C24H15Cl2F3N6O2/c1-37-22-18(26)8-15(10-31-22)20-17(14-3-5-16(25)6-4-14)11-32-35-21(20)33-34(23(35)36)12-13-2-7-19(30-9-13)24(27,28)29/h2-11H,12H2,1H3. The van der Waals surface area contributed by atoms with Crippen molar-refractivity contribution in [2.75, 3.05) is 7.11 Å². The number of hydrogen-bond acceptors (Lipinski definition) is 6. The normalized spacial score (nSPS) is 11.7. The number of benzene rings is 1. The summed E-state index contributed by atoms with van der Waals surface area (Å²) in [5.41, 5.74) is 1.35. The van der Waals surface area contributed by atoms with Crippen LogP contribution >= 0.6 is 23.2 Å². The van der Waals surface area contributed by atoms with Gasteiger partial charge in [0.25, 0.3) is 0 Å². The third-order valence-electron chi connectivity index (χ3n) is 5.51. The van der Waals surface area contributed by atoms with Crippen LogP contribution in [0.25, 0.3) is 27.9 Å². The Morgan fingerprint density at radius 2 is 1.73 bits per heavy atom. The second-order valence-electron chi connectivity index (χ2n) is 7.88. The molecule has 0 fully saturated rings. The first-order chi connectivity index (χ1) is 17.7. The molecule has 5 aromatic rings. The van der Waals surface area contributed by atoms with Crippen LogP contribution in [0.15, 0.2) is 65.8 Å². The van der Waals surface area contributed by atoms with Gasteiger partial charge in [-0.15, -0.1) is 5.10 Å². The maximum absolute atomic E-state index is 13.1. The largest absolute Gasteiger partial charge is 0.480 e. The Balaban J connectivity index is 1.67. The van der Waals surface area contributed by atoms with Gasteiger partial charge in [-0.05, 0) is 35.4 Å². The van der Waals surface area contributed by atoms with Crippen LogP contribution < -0.4 is 10.4 Å². The number of rotatable bonds is 5. The molecule has 1 aromatic carbocycles. The van der Waals surface area contributed by atoms with E-state index in [1.54, 1.807) is 30.3 Å². The number of ether oxygens (including phenoxy) is 1. The summed E-state index contributed by atoms with van der Waals surface area (Å²) >= 11 is 12.4. The minimum Gasteiger partial charge on any atom is -0.480 e. The number of methoxy groups -OCH3 is 1. The first-order valence-corrected chi connectivity index (χ1v) is 11.4. The van der Waals surface area contributed by atoms with E-state index in [0.717, 1.165) is 27.0 Å². The molecule has 0 bridgehead atoms. The summed E-state index contributed by atoms with van der Waals surface area (Å²) in [5.74, 6) is 0.223. The summed E-state index contributed by atoms with van der Waals surface area (Å²) in [6.45, 7) is -0.120. The zero-order valence-corrected chi connectivity index (χ0v) is 20.4. The van der Waals surface area contributed by atoms with Crippen molar-refractivity contribution in [1.29, 1.82) is 0 Å². The molecule has 4 heterocycles. The van der Waals surface area contributed by atoms with Gasteiger partial charge in [-0.1, -0.05) is 41.4 Å². The van der Waals surface area contributed by atoms with E-state index in [4.69, 9.17) is 27.9 Å². The van der Waals surface area contributed by atoms with Gasteiger partial charge < -0.3 is 4.74 Å². The molecule has 0 amide bonds. The fraction of sp³-hybridized carbons (Fsp3) is 0.125. The molecule has 8 nitrogen and oxygen atoms in total. The van der Waals surface area contributed by atoms with Gasteiger partial charge in [0.1, 0.15) is 10.7 Å². The SMILES string of the molecule is COc1ncc(-c2c(-c3ccc(Cl)cc3)cnn3c(=O)n(Cc4ccc(C(F)(F)F)nc4)nc23)cc1Cl. The fourth-order valence-corrected chi connectivity index (χ4v) is 4.14. The van der Waals surface area contributed by atoms with Gasteiger partial charge in [-0.2, -0.15) is 22.8 Å². The minimum absolute atomic E-state index is 0.120. The second kappa shape index (κ2) is 9.49. The van der Waals surface area contributed by atoms with Gasteiger partial charge in [0.2, 0.25) is 5.88 Å². The number of halogens is 5. The van der Waals surface area contributed by atoms with Crippen molar-refractivity contribution >= 4 is 28.8 Å². The molecule has 0 N–H and O–H groups in total. The fourth-order valence-electron chi connectivity index (χ4n) is 3.77. The summed E-state index contributed by atoms with van der Waals surface area (Å²) in [7, 11) is 1.44. The molecule has 13 heteroatoms. The number of aromatic nitrogens is 6. The molecule has 5 rings (SSSR count). The van der Waals surface area contributed by atoms with E-state index in [1.807, 2.05) is 0 Å². The van der Waals surface area contributed by atoms with Gasteiger partial charge in [-0.25, -0.2) is 14.5 Å². The Labute approximate surface area is 216 Å². The van der Waals surface area contributed by atoms with Crippen molar-refractivity contribution in [3.8, 4) is 28.1 Å². The van der Waals surface area contributed by atoms with Crippen molar-refractivity contribution in [3.63, 3.8) is 0 Å². The van der Waals surface area contributed by atoms with E-state index >= 15 is 0 Å². The molecule has 0 spiro atoms. The third kappa shape index (κ3) is 4.75. The maximum atomic E-state index is 13.1. The Kier molecular flexibility index (Phi) is 6.34. The van der Waals surface area contributed by atoms with Crippen molar-refractivity contribution in [2.45, 2.75) is 12.7 Å². The minimum atomic E-state index is -4.57. The van der Waals surface area contributed by atoms with E-state index in [2.05, 4.69) is 20.2 Å². The molecule has 0 radical (unpaired) electrons. The highest BCUT2D eigenvalue weighted by atomic mass is 35.5. The van der Waals surface area contributed by atoms with E-state index in [1.165, 1.54) is 25.6 Å². The Morgan fingerprint density at radius 1 is 0.973 bits per heavy atom. The van der Waals surface area contributed by atoms with Crippen LogP contribution in [0.5, 0.6) is 5.88 Å². The van der Waals surface area contributed by atoms with Crippen LogP contribution in [0.2, 0.25) is 10.0 Å². The molecular formula is C24H15Cl2F3N6O2. The highest BCUT2D eigenvalue weighted by Crippen LogP contribution is 2.36.